The zero-order chi connectivity index (χ0) is 25.8. The maximum absolute atomic E-state index is 12.7. The Morgan fingerprint density at radius 2 is 1.27 bits per heavy atom. The molecule has 6 nitrogen and oxygen atoms in total. The zero-order valence-electron chi connectivity index (χ0n) is 20.6. The molecule has 0 bridgehead atoms. The second-order valence-electron chi connectivity index (χ2n) is 8.85. The average molecular weight is 488 g/mol. The van der Waals surface area contributed by atoms with Gasteiger partial charge in [0, 0.05) is 16.8 Å². The van der Waals surface area contributed by atoms with Gasteiger partial charge in [-0.25, -0.2) is 14.8 Å². The normalized spacial score (nSPS) is 10.8. The lowest BCUT2D eigenvalue weighted by Gasteiger charge is -2.12. The molecule has 4 aromatic carbocycles. The van der Waals surface area contributed by atoms with Gasteiger partial charge >= 0.3 is 5.97 Å². The number of carbonyl (C=O) groups is 2. The van der Waals surface area contributed by atoms with E-state index in [1.807, 2.05) is 80.6 Å². The van der Waals surface area contributed by atoms with E-state index in [4.69, 9.17) is 14.7 Å². The summed E-state index contributed by atoms with van der Waals surface area (Å²) in [6.45, 7) is 3.69. The molecule has 0 saturated heterocycles. The van der Waals surface area contributed by atoms with Crippen molar-refractivity contribution in [1.82, 2.24) is 9.97 Å². The van der Waals surface area contributed by atoms with Gasteiger partial charge in [0.2, 0.25) is 0 Å². The molecule has 1 N–H and O–H groups in total. The Bertz CT molecular complexity index is 1580. The lowest BCUT2D eigenvalue weighted by atomic mass is 10.0. The Morgan fingerprint density at radius 1 is 0.703 bits per heavy atom. The Kier molecular flexibility index (Phi) is 6.72. The molecule has 0 saturated carbocycles. The van der Waals surface area contributed by atoms with Crippen LogP contribution in [-0.4, -0.2) is 28.5 Å². The third-order valence-electron chi connectivity index (χ3n) is 5.94. The van der Waals surface area contributed by atoms with Crippen molar-refractivity contribution in [1.29, 1.82) is 0 Å². The van der Waals surface area contributed by atoms with E-state index in [1.165, 1.54) is 0 Å². The largest absolute Gasteiger partial charge is 0.452 e. The van der Waals surface area contributed by atoms with Gasteiger partial charge in [0.05, 0.1) is 28.0 Å². The number of amides is 1. The standard InChI is InChI=1S/C31H25N3O3/c1-20-8-12-22(13-9-20)29-30(23-14-10-21(2)11-15-23)34-27-18-24(16-17-26(27)33-29)31(36)37-19-28(35)32-25-6-4-3-5-7-25/h3-18H,19H2,1-2H3,(H,32,35). The highest BCUT2D eigenvalue weighted by Crippen LogP contribution is 2.31. The van der Waals surface area contributed by atoms with E-state index in [-0.39, 0.29) is 0 Å². The Morgan fingerprint density at radius 3 is 1.86 bits per heavy atom. The van der Waals surface area contributed by atoms with Crippen LogP contribution in [0.15, 0.2) is 97.1 Å². The van der Waals surface area contributed by atoms with E-state index >= 15 is 0 Å². The van der Waals surface area contributed by atoms with Crippen molar-refractivity contribution in [2.75, 3.05) is 11.9 Å². The van der Waals surface area contributed by atoms with Gasteiger partial charge in [-0.15, -0.1) is 0 Å². The number of fused-ring (bicyclic) bond motifs is 1. The van der Waals surface area contributed by atoms with Crippen LogP contribution in [0.3, 0.4) is 0 Å². The minimum atomic E-state index is -0.605. The molecule has 1 heterocycles. The summed E-state index contributed by atoms with van der Waals surface area (Å²) in [6.07, 6.45) is 0. The molecule has 0 fully saturated rings. The third kappa shape index (κ3) is 5.54. The number of rotatable bonds is 6. The van der Waals surface area contributed by atoms with E-state index < -0.39 is 18.5 Å². The second kappa shape index (κ2) is 10.4. The molecule has 0 unspecified atom stereocenters. The topological polar surface area (TPSA) is 81.2 Å². The Labute approximate surface area is 215 Å². The Hall–Kier alpha value is -4.84. The van der Waals surface area contributed by atoms with Crippen LogP contribution in [0, 0.1) is 13.8 Å². The number of nitrogens with one attached hydrogen (secondary N) is 1. The van der Waals surface area contributed by atoms with E-state index in [9.17, 15) is 9.59 Å². The quantitative estimate of drug-likeness (QED) is 0.281. The van der Waals surface area contributed by atoms with Crippen LogP contribution in [0.5, 0.6) is 0 Å². The first kappa shape index (κ1) is 23.9. The first-order valence-corrected chi connectivity index (χ1v) is 11.9. The molecule has 0 atom stereocenters. The summed E-state index contributed by atoms with van der Waals surface area (Å²) in [4.78, 5) is 34.7. The summed E-state index contributed by atoms with van der Waals surface area (Å²) in [6, 6.07) is 30.3. The van der Waals surface area contributed by atoms with Gasteiger partial charge in [-0.3, -0.25) is 4.79 Å². The SMILES string of the molecule is Cc1ccc(-c2nc3ccc(C(=O)OCC(=O)Nc4ccccc4)cc3nc2-c2ccc(C)cc2)cc1. The second-order valence-corrected chi connectivity index (χ2v) is 8.85. The van der Waals surface area contributed by atoms with Crippen molar-refractivity contribution in [2.45, 2.75) is 13.8 Å². The van der Waals surface area contributed by atoms with Crippen molar-refractivity contribution in [3.63, 3.8) is 0 Å². The number of nitrogens with zero attached hydrogens (tertiary/aromatic N) is 2. The minimum Gasteiger partial charge on any atom is -0.452 e. The molecular formula is C31H25N3O3. The Balaban J connectivity index is 1.44. The van der Waals surface area contributed by atoms with Crippen LogP contribution in [0.4, 0.5) is 5.69 Å². The summed E-state index contributed by atoms with van der Waals surface area (Å²) >= 11 is 0. The van der Waals surface area contributed by atoms with Crippen molar-refractivity contribution < 1.29 is 14.3 Å². The number of ether oxygens (including phenoxy) is 1. The highest BCUT2D eigenvalue weighted by atomic mass is 16.5. The van der Waals surface area contributed by atoms with Gasteiger partial charge in [0.25, 0.3) is 5.91 Å². The molecule has 1 aromatic heterocycles. The molecule has 5 rings (SSSR count). The number of hydrogen-bond donors (Lipinski definition) is 1. The van der Waals surface area contributed by atoms with Gasteiger partial charge in [-0.2, -0.15) is 0 Å². The summed E-state index contributed by atoms with van der Waals surface area (Å²) in [7, 11) is 0. The van der Waals surface area contributed by atoms with Crippen LogP contribution >= 0.6 is 0 Å². The van der Waals surface area contributed by atoms with Gasteiger partial charge in [0.1, 0.15) is 0 Å². The first-order valence-electron chi connectivity index (χ1n) is 11.9. The number of esters is 1. The molecular weight excluding hydrogens is 462 g/mol. The monoisotopic (exact) mass is 487 g/mol. The predicted molar refractivity (Wildman–Crippen MR) is 145 cm³/mol. The van der Waals surface area contributed by atoms with E-state index in [2.05, 4.69) is 5.32 Å². The summed E-state index contributed by atoms with van der Waals surface area (Å²) < 4.78 is 5.24. The lowest BCUT2D eigenvalue weighted by Crippen LogP contribution is -2.20. The first-order chi connectivity index (χ1) is 18.0. The number of carbonyl (C=O) groups excluding carboxylic acids is 2. The van der Waals surface area contributed by atoms with Crippen LogP contribution in [0.25, 0.3) is 33.5 Å². The van der Waals surface area contributed by atoms with Gasteiger partial charge < -0.3 is 10.1 Å². The van der Waals surface area contributed by atoms with Crippen LogP contribution < -0.4 is 5.32 Å². The number of hydrogen-bond acceptors (Lipinski definition) is 5. The molecule has 0 aliphatic heterocycles. The van der Waals surface area contributed by atoms with Crippen molar-refractivity contribution in [3.8, 4) is 22.5 Å². The van der Waals surface area contributed by atoms with E-state index in [0.29, 0.717) is 22.3 Å². The van der Waals surface area contributed by atoms with Gasteiger partial charge in [-0.05, 0) is 44.2 Å². The fourth-order valence-corrected chi connectivity index (χ4v) is 3.94. The lowest BCUT2D eigenvalue weighted by molar-refractivity contribution is -0.119. The highest BCUT2D eigenvalue weighted by Gasteiger charge is 2.16. The van der Waals surface area contributed by atoms with Crippen molar-refractivity contribution in [2.24, 2.45) is 0 Å². The highest BCUT2D eigenvalue weighted by molar-refractivity contribution is 5.97. The summed E-state index contributed by atoms with van der Waals surface area (Å²) in [5, 5.41) is 2.69. The van der Waals surface area contributed by atoms with Crippen LogP contribution in [0.2, 0.25) is 0 Å². The molecule has 1 amide bonds. The number of benzene rings is 4. The maximum Gasteiger partial charge on any atom is 0.338 e. The minimum absolute atomic E-state index is 0.298. The average Bonchev–Trinajstić information content (AvgIpc) is 2.92. The van der Waals surface area contributed by atoms with E-state index in [0.717, 1.165) is 33.6 Å². The summed E-state index contributed by atoms with van der Waals surface area (Å²) in [5.74, 6) is -1.02. The van der Waals surface area contributed by atoms with E-state index in [1.54, 1.807) is 30.3 Å². The fraction of sp³-hybridized carbons (Fsp3) is 0.0968. The molecule has 182 valence electrons. The summed E-state index contributed by atoms with van der Waals surface area (Å²) in [5.41, 5.74) is 7.85. The third-order valence-corrected chi connectivity index (χ3v) is 5.94. The molecule has 0 aliphatic carbocycles. The van der Waals surface area contributed by atoms with Crippen LogP contribution in [0.1, 0.15) is 21.5 Å². The van der Waals surface area contributed by atoms with Gasteiger partial charge in [0.15, 0.2) is 6.61 Å². The number of aromatic nitrogens is 2. The van der Waals surface area contributed by atoms with Crippen LogP contribution in [-0.2, 0) is 9.53 Å². The van der Waals surface area contributed by atoms with Crippen molar-refractivity contribution >= 4 is 28.6 Å². The molecule has 0 radical (unpaired) electrons. The smallest absolute Gasteiger partial charge is 0.338 e. The fourth-order valence-electron chi connectivity index (χ4n) is 3.94. The molecule has 6 heteroatoms. The molecule has 37 heavy (non-hydrogen) atoms. The van der Waals surface area contributed by atoms with Crippen molar-refractivity contribution in [3.05, 3.63) is 114 Å². The molecule has 0 aliphatic rings. The van der Waals surface area contributed by atoms with Gasteiger partial charge in [-0.1, -0.05) is 77.9 Å². The maximum atomic E-state index is 12.7. The number of aryl methyl sites for hydroxylation is 2. The number of para-hydroxylation sites is 1. The zero-order valence-corrected chi connectivity index (χ0v) is 20.6. The molecule has 0 spiro atoms. The predicted octanol–water partition coefficient (Wildman–Crippen LogP) is 6.38. The number of anilines is 1. The molecule has 5 aromatic rings.